The second-order valence-electron chi connectivity index (χ2n) is 6.37. The Balaban J connectivity index is 1.90. The minimum Gasteiger partial charge on any atom is -0.494 e. The van der Waals surface area contributed by atoms with E-state index in [0.29, 0.717) is 23.8 Å². The maximum absolute atomic E-state index is 12.2. The van der Waals surface area contributed by atoms with E-state index in [2.05, 4.69) is 12.2 Å². The van der Waals surface area contributed by atoms with Crippen molar-refractivity contribution in [3.63, 3.8) is 0 Å². The van der Waals surface area contributed by atoms with Gasteiger partial charge in [0.1, 0.15) is 5.75 Å². The molecule has 0 fully saturated rings. The highest BCUT2D eigenvalue weighted by Crippen LogP contribution is 2.28. The van der Waals surface area contributed by atoms with Gasteiger partial charge in [-0.05, 0) is 42.3 Å². The Bertz CT molecular complexity index is 786. The molecule has 0 heterocycles. The van der Waals surface area contributed by atoms with Crippen molar-refractivity contribution in [3.05, 3.63) is 54.1 Å². The number of carbonyl (C=O) groups is 1. The van der Waals surface area contributed by atoms with E-state index in [1.807, 2.05) is 36.4 Å². The van der Waals surface area contributed by atoms with Crippen LogP contribution in [-0.2, 0) is 4.79 Å². The molecule has 5 heteroatoms. The third-order valence-electron chi connectivity index (χ3n) is 4.20. The van der Waals surface area contributed by atoms with Crippen LogP contribution in [0.1, 0.15) is 38.2 Å². The van der Waals surface area contributed by atoms with Crippen LogP contribution in [0.15, 0.2) is 48.5 Å². The monoisotopic (exact) mass is 383 g/mol. The summed E-state index contributed by atoms with van der Waals surface area (Å²) < 4.78 is 16.2. The van der Waals surface area contributed by atoms with Crippen molar-refractivity contribution in [2.75, 3.05) is 26.1 Å². The first-order valence-corrected chi connectivity index (χ1v) is 9.60. The van der Waals surface area contributed by atoms with Crippen LogP contribution in [0, 0.1) is 0 Å². The molecule has 0 spiro atoms. The summed E-state index contributed by atoms with van der Waals surface area (Å²) >= 11 is 0. The summed E-state index contributed by atoms with van der Waals surface area (Å²) in [6.07, 6.45) is 7.86. The zero-order chi connectivity index (χ0) is 20.2. The third-order valence-corrected chi connectivity index (χ3v) is 4.20. The lowest BCUT2D eigenvalue weighted by Crippen LogP contribution is -2.08. The number of hydrogen-bond donors (Lipinski definition) is 1. The standard InChI is InChI=1S/C23H29NO4/c1-4-5-6-7-15-28-20-10-8-9-19(17-20)24-23(25)14-12-18-11-13-21(26-2)22(16-18)27-3/h8-14,16-17H,4-7,15H2,1-3H3,(H,24,25)/b14-12+. The Morgan fingerprint density at radius 3 is 2.57 bits per heavy atom. The van der Waals surface area contributed by atoms with Crippen LogP contribution in [0.3, 0.4) is 0 Å². The normalized spacial score (nSPS) is 10.7. The van der Waals surface area contributed by atoms with Crippen LogP contribution in [0.4, 0.5) is 5.69 Å². The van der Waals surface area contributed by atoms with Gasteiger partial charge in [-0.2, -0.15) is 0 Å². The number of anilines is 1. The molecule has 0 saturated carbocycles. The fourth-order valence-electron chi connectivity index (χ4n) is 2.69. The number of carbonyl (C=O) groups excluding carboxylic acids is 1. The molecule has 2 aromatic carbocycles. The average molecular weight is 383 g/mol. The maximum Gasteiger partial charge on any atom is 0.248 e. The molecular formula is C23H29NO4. The van der Waals surface area contributed by atoms with Gasteiger partial charge in [0.2, 0.25) is 5.91 Å². The van der Waals surface area contributed by atoms with Crippen molar-refractivity contribution in [2.45, 2.75) is 32.6 Å². The Morgan fingerprint density at radius 2 is 1.82 bits per heavy atom. The van der Waals surface area contributed by atoms with E-state index in [-0.39, 0.29) is 5.91 Å². The van der Waals surface area contributed by atoms with Gasteiger partial charge < -0.3 is 19.5 Å². The summed E-state index contributed by atoms with van der Waals surface area (Å²) in [5, 5.41) is 2.85. The molecule has 0 bridgehead atoms. The highest BCUT2D eigenvalue weighted by molar-refractivity contribution is 6.02. The Kier molecular flexibility index (Phi) is 8.92. The number of nitrogens with one attached hydrogen (secondary N) is 1. The summed E-state index contributed by atoms with van der Waals surface area (Å²) in [5.74, 6) is 1.82. The van der Waals surface area contributed by atoms with Gasteiger partial charge in [0.05, 0.1) is 20.8 Å². The number of methoxy groups -OCH3 is 2. The predicted octanol–water partition coefficient (Wildman–Crippen LogP) is 5.31. The molecule has 150 valence electrons. The van der Waals surface area contributed by atoms with Gasteiger partial charge >= 0.3 is 0 Å². The molecule has 28 heavy (non-hydrogen) atoms. The molecule has 2 rings (SSSR count). The largest absolute Gasteiger partial charge is 0.494 e. The van der Waals surface area contributed by atoms with Crippen LogP contribution in [0.25, 0.3) is 6.08 Å². The van der Waals surface area contributed by atoms with Gasteiger partial charge in [-0.1, -0.05) is 38.3 Å². The lowest BCUT2D eigenvalue weighted by atomic mass is 10.2. The molecule has 0 saturated heterocycles. The predicted molar refractivity (Wildman–Crippen MR) is 113 cm³/mol. The summed E-state index contributed by atoms with van der Waals surface area (Å²) in [5.41, 5.74) is 1.55. The first-order valence-electron chi connectivity index (χ1n) is 9.60. The van der Waals surface area contributed by atoms with Crippen molar-refractivity contribution in [1.82, 2.24) is 0 Å². The molecule has 0 unspecified atom stereocenters. The highest BCUT2D eigenvalue weighted by atomic mass is 16.5. The topological polar surface area (TPSA) is 56.8 Å². The first kappa shape index (κ1) is 21.4. The van der Waals surface area contributed by atoms with Crippen LogP contribution < -0.4 is 19.5 Å². The van der Waals surface area contributed by atoms with E-state index >= 15 is 0 Å². The zero-order valence-electron chi connectivity index (χ0n) is 16.9. The minimum atomic E-state index is -0.213. The molecule has 1 N–H and O–H groups in total. The van der Waals surface area contributed by atoms with Crippen molar-refractivity contribution in [3.8, 4) is 17.2 Å². The van der Waals surface area contributed by atoms with Crippen molar-refractivity contribution < 1.29 is 19.0 Å². The summed E-state index contributed by atoms with van der Waals surface area (Å²) in [6.45, 7) is 2.88. The molecular weight excluding hydrogens is 354 g/mol. The van der Waals surface area contributed by atoms with Crippen LogP contribution in [0.5, 0.6) is 17.2 Å². The number of ether oxygens (including phenoxy) is 3. The molecule has 2 aromatic rings. The van der Waals surface area contributed by atoms with Gasteiger partial charge in [-0.3, -0.25) is 4.79 Å². The summed E-state index contributed by atoms with van der Waals surface area (Å²) in [6, 6.07) is 12.9. The fourth-order valence-corrected chi connectivity index (χ4v) is 2.69. The third kappa shape index (κ3) is 6.99. The maximum atomic E-state index is 12.2. The molecule has 0 radical (unpaired) electrons. The fraction of sp³-hybridized carbons (Fsp3) is 0.348. The molecule has 0 aliphatic rings. The van der Waals surface area contributed by atoms with Crippen molar-refractivity contribution in [2.24, 2.45) is 0 Å². The molecule has 0 aliphatic heterocycles. The van der Waals surface area contributed by atoms with Crippen LogP contribution >= 0.6 is 0 Å². The van der Waals surface area contributed by atoms with E-state index in [4.69, 9.17) is 14.2 Å². The van der Waals surface area contributed by atoms with Gasteiger partial charge in [0, 0.05) is 17.8 Å². The summed E-state index contributed by atoms with van der Waals surface area (Å²) in [7, 11) is 3.17. The van der Waals surface area contributed by atoms with E-state index in [0.717, 1.165) is 17.7 Å². The Morgan fingerprint density at radius 1 is 1.00 bits per heavy atom. The van der Waals surface area contributed by atoms with Gasteiger partial charge in [-0.25, -0.2) is 0 Å². The molecule has 0 aliphatic carbocycles. The van der Waals surface area contributed by atoms with E-state index in [1.54, 1.807) is 26.4 Å². The molecule has 1 amide bonds. The summed E-state index contributed by atoms with van der Waals surface area (Å²) in [4.78, 5) is 12.2. The SMILES string of the molecule is CCCCCCOc1cccc(NC(=O)/C=C/c2ccc(OC)c(OC)c2)c1. The number of hydrogen-bond acceptors (Lipinski definition) is 4. The zero-order valence-corrected chi connectivity index (χ0v) is 16.9. The smallest absolute Gasteiger partial charge is 0.248 e. The van der Waals surface area contributed by atoms with Crippen LogP contribution in [-0.4, -0.2) is 26.7 Å². The Hall–Kier alpha value is -2.95. The Labute approximate surface area is 167 Å². The lowest BCUT2D eigenvalue weighted by molar-refractivity contribution is -0.111. The highest BCUT2D eigenvalue weighted by Gasteiger charge is 2.04. The van der Waals surface area contributed by atoms with E-state index in [9.17, 15) is 4.79 Å². The molecule has 0 aromatic heterocycles. The number of benzene rings is 2. The quantitative estimate of drug-likeness (QED) is 0.422. The second kappa shape index (κ2) is 11.7. The molecule has 5 nitrogen and oxygen atoms in total. The number of rotatable bonds is 11. The lowest BCUT2D eigenvalue weighted by Gasteiger charge is -2.09. The second-order valence-corrected chi connectivity index (χ2v) is 6.37. The number of unbranched alkanes of at least 4 members (excludes halogenated alkanes) is 3. The van der Waals surface area contributed by atoms with Gasteiger partial charge in [-0.15, -0.1) is 0 Å². The van der Waals surface area contributed by atoms with Crippen molar-refractivity contribution >= 4 is 17.7 Å². The molecule has 0 atom stereocenters. The van der Waals surface area contributed by atoms with E-state index < -0.39 is 0 Å². The van der Waals surface area contributed by atoms with Gasteiger partial charge in [0.25, 0.3) is 0 Å². The van der Waals surface area contributed by atoms with E-state index in [1.165, 1.54) is 25.3 Å². The van der Waals surface area contributed by atoms with Crippen molar-refractivity contribution in [1.29, 1.82) is 0 Å². The average Bonchev–Trinajstić information content (AvgIpc) is 2.72. The van der Waals surface area contributed by atoms with Gasteiger partial charge in [0.15, 0.2) is 11.5 Å². The number of amides is 1. The van der Waals surface area contributed by atoms with Crippen LogP contribution in [0.2, 0.25) is 0 Å². The minimum absolute atomic E-state index is 0.213. The first-order chi connectivity index (χ1) is 13.7.